The first kappa shape index (κ1) is 15.2. The van der Waals surface area contributed by atoms with Crippen molar-refractivity contribution < 1.29 is 19.8 Å². The smallest absolute Gasteiger partial charge is 0.355 e. The number of amides is 1. The standard InChI is InChI=1S/C11H11NO3.C4H7NO/c13-8-4-3-7(6-8)9-2-1-5-12-10(9)11(14)15;5-4(6)3-1-2-3/h1-2,5-6,8,13H,3-4H2,(H,14,15);3H,1-2H2,(H2,5,6). The molecule has 0 radical (unpaired) electrons. The first-order valence-electron chi connectivity index (χ1n) is 6.85. The Morgan fingerprint density at radius 2 is 2.00 bits per heavy atom. The lowest BCUT2D eigenvalue weighted by Crippen LogP contribution is -2.11. The lowest BCUT2D eigenvalue weighted by molar-refractivity contribution is -0.119. The van der Waals surface area contributed by atoms with Crippen molar-refractivity contribution in [1.29, 1.82) is 0 Å². The van der Waals surface area contributed by atoms with Gasteiger partial charge in [0.05, 0.1) is 6.10 Å². The number of carboxylic acid groups (broad SMARTS) is 1. The Kier molecular flexibility index (Phi) is 4.70. The Bertz CT molecular complexity index is 579. The van der Waals surface area contributed by atoms with Crippen LogP contribution in [0.4, 0.5) is 0 Å². The summed E-state index contributed by atoms with van der Waals surface area (Å²) in [7, 11) is 0. The number of nitrogens with two attached hydrogens (primary N) is 1. The molecule has 21 heavy (non-hydrogen) atoms. The lowest BCUT2D eigenvalue weighted by Gasteiger charge is -2.04. The number of aliphatic hydroxyl groups is 1. The van der Waals surface area contributed by atoms with E-state index < -0.39 is 12.1 Å². The van der Waals surface area contributed by atoms with Crippen LogP contribution in [0, 0.1) is 5.92 Å². The van der Waals surface area contributed by atoms with Crippen LogP contribution in [0.25, 0.3) is 5.57 Å². The van der Waals surface area contributed by atoms with Gasteiger partial charge in [-0.1, -0.05) is 12.1 Å². The van der Waals surface area contributed by atoms with E-state index in [0.717, 1.165) is 18.4 Å². The number of aromatic carboxylic acids is 1. The first-order valence-corrected chi connectivity index (χ1v) is 6.85. The van der Waals surface area contributed by atoms with Crippen LogP contribution in [0.1, 0.15) is 41.7 Å². The fourth-order valence-electron chi connectivity index (χ4n) is 2.13. The first-order chi connectivity index (χ1) is 9.99. The number of carboxylic acids is 1. The van der Waals surface area contributed by atoms with Crippen LogP contribution in [-0.4, -0.2) is 33.2 Å². The highest BCUT2D eigenvalue weighted by molar-refractivity contribution is 5.92. The van der Waals surface area contributed by atoms with Gasteiger partial charge in [-0.3, -0.25) is 4.79 Å². The molecule has 2 aliphatic carbocycles. The van der Waals surface area contributed by atoms with Gasteiger partial charge in [0, 0.05) is 17.7 Å². The molecule has 112 valence electrons. The van der Waals surface area contributed by atoms with Gasteiger partial charge in [-0.15, -0.1) is 0 Å². The number of carbonyl (C=O) groups excluding carboxylic acids is 1. The van der Waals surface area contributed by atoms with Gasteiger partial charge in [0.25, 0.3) is 0 Å². The van der Waals surface area contributed by atoms with E-state index in [-0.39, 0.29) is 17.5 Å². The van der Waals surface area contributed by atoms with Gasteiger partial charge in [0.15, 0.2) is 5.69 Å². The number of allylic oxidation sites excluding steroid dienone is 1. The number of hydrogen-bond donors (Lipinski definition) is 3. The zero-order valence-electron chi connectivity index (χ0n) is 11.5. The van der Waals surface area contributed by atoms with Gasteiger partial charge < -0.3 is 15.9 Å². The van der Waals surface area contributed by atoms with Gasteiger partial charge in [-0.2, -0.15) is 0 Å². The van der Waals surface area contributed by atoms with E-state index in [2.05, 4.69) is 4.98 Å². The molecule has 1 atom stereocenters. The molecule has 1 unspecified atom stereocenters. The van der Waals surface area contributed by atoms with E-state index >= 15 is 0 Å². The predicted octanol–water partition coefficient (Wildman–Crippen LogP) is 1.20. The maximum Gasteiger partial charge on any atom is 0.355 e. The molecule has 6 nitrogen and oxygen atoms in total. The molecule has 1 heterocycles. The summed E-state index contributed by atoms with van der Waals surface area (Å²) in [5.41, 5.74) is 6.39. The molecule has 1 aromatic rings. The van der Waals surface area contributed by atoms with Gasteiger partial charge in [0.2, 0.25) is 5.91 Å². The van der Waals surface area contributed by atoms with Gasteiger partial charge in [0.1, 0.15) is 0 Å². The van der Waals surface area contributed by atoms with Crippen molar-refractivity contribution in [3.63, 3.8) is 0 Å². The number of pyridine rings is 1. The second-order valence-corrected chi connectivity index (χ2v) is 5.18. The molecule has 1 saturated carbocycles. The highest BCUT2D eigenvalue weighted by Crippen LogP contribution is 2.29. The van der Waals surface area contributed by atoms with Gasteiger partial charge in [-0.05, 0) is 37.3 Å². The van der Waals surface area contributed by atoms with E-state index in [0.29, 0.717) is 18.4 Å². The number of carbonyl (C=O) groups is 2. The van der Waals surface area contributed by atoms with Crippen molar-refractivity contribution in [1.82, 2.24) is 4.98 Å². The molecule has 1 fully saturated rings. The number of aliphatic hydroxyl groups excluding tert-OH is 1. The van der Waals surface area contributed by atoms with E-state index in [4.69, 9.17) is 10.8 Å². The number of hydrogen-bond acceptors (Lipinski definition) is 4. The van der Waals surface area contributed by atoms with E-state index in [1.807, 2.05) is 0 Å². The highest BCUT2D eigenvalue weighted by atomic mass is 16.4. The summed E-state index contributed by atoms with van der Waals surface area (Å²) in [5, 5.41) is 18.3. The van der Waals surface area contributed by atoms with Crippen molar-refractivity contribution >= 4 is 17.4 Å². The van der Waals surface area contributed by atoms with Crippen LogP contribution in [0.2, 0.25) is 0 Å². The minimum absolute atomic E-state index is 0.0536. The quantitative estimate of drug-likeness (QED) is 0.774. The van der Waals surface area contributed by atoms with Crippen molar-refractivity contribution in [3.8, 4) is 0 Å². The van der Waals surface area contributed by atoms with Crippen molar-refractivity contribution in [2.75, 3.05) is 0 Å². The van der Waals surface area contributed by atoms with Crippen LogP contribution in [0.15, 0.2) is 24.4 Å². The van der Waals surface area contributed by atoms with Crippen LogP contribution in [0.5, 0.6) is 0 Å². The fourth-order valence-corrected chi connectivity index (χ4v) is 2.13. The second kappa shape index (κ2) is 6.49. The Hall–Kier alpha value is -2.21. The van der Waals surface area contributed by atoms with Gasteiger partial charge >= 0.3 is 5.97 Å². The largest absolute Gasteiger partial charge is 0.476 e. The molecule has 1 amide bonds. The molecule has 6 heteroatoms. The average Bonchev–Trinajstić information content (AvgIpc) is 3.22. The maximum absolute atomic E-state index is 10.9. The number of rotatable bonds is 3. The van der Waals surface area contributed by atoms with E-state index in [1.54, 1.807) is 18.2 Å². The number of aromatic nitrogens is 1. The zero-order chi connectivity index (χ0) is 15.4. The Morgan fingerprint density at radius 1 is 1.29 bits per heavy atom. The summed E-state index contributed by atoms with van der Waals surface area (Å²) in [5.74, 6) is -0.923. The summed E-state index contributed by atoms with van der Waals surface area (Å²) in [4.78, 5) is 24.7. The highest BCUT2D eigenvalue weighted by Gasteiger charge is 2.26. The summed E-state index contributed by atoms with van der Waals surface area (Å²) in [6, 6.07) is 3.42. The van der Waals surface area contributed by atoms with E-state index in [9.17, 15) is 14.7 Å². The van der Waals surface area contributed by atoms with Crippen molar-refractivity contribution in [2.45, 2.75) is 31.8 Å². The normalized spacial score (nSPS) is 20.2. The molecular formula is C15H18N2O4. The van der Waals surface area contributed by atoms with Crippen LogP contribution in [0.3, 0.4) is 0 Å². The number of nitrogens with zero attached hydrogens (tertiary/aromatic N) is 1. The monoisotopic (exact) mass is 290 g/mol. The molecule has 1 aromatic heterocycles. The molecule has 0 spiro atoms. The topological polar surface area (TPSA) is 114 Å². The number of primary amides is 1. The lowest BCUT2D eigenvalue weighted by atomic mass is 10.0. The Morgan fingerprint density at radius 3 is 2.43 bits per heavy atom. The van der Waals surface area contributed by atoms with Crippen LogP contribution in [-0.2, 0) is 4.79 Å². The summed E-state index contributed by atoms with van der Waals surface area (Å²) in [6.45, 7) is 0. The minimum Gasteiger partial charge on any atom is -0.476 e. The molecule has 3 rings (SSSR count). The van der Waals surface area contributed by atoms with E-state index in [1.165, 1.54) is 6.20 Å². The predicted molar refractivity (Wildman–Crippen MR) is 76.3 cm³/mol. The van der Waals surface area contributed by atoms with Crippen LogP contribution >= 0.6 is 0 Å². The molecule has 2 aliphatic rings. The molecule has 0 bridgehead atoms. The second-order valence-electron chi connectivity index (χ2n) is 5.18. The Labute approximate surface area is 122 Å². The van der Waals surface area contributed by atoms with Crippen LogP contribution < -0.4 is 5.73 Å². The van der Waals surface area contributed by atoms with Gasteiger partial charge in [-0.25, -0.2) is 9.78 Å². The minimum atomic E-state index is -1.03. The average molecular weight is 290 g/mol. The SMILES string of the molecule is NC(=O)C1CC1.O=C(O)c1ncccc1C1=CC(O)CC1. The summed E-state index contributed by atoms with van der Waals surface area (Å²) < 4.78 is 0. The fraction of sp³-hybridized carbons (Fsp3) is 0.400. The molecular weight excluding hydrogens is 272 g/mol. The molecule has 0 saturated heterocycles. The third kappa shape index (κ3) is 4.13. The third-order valence-electron chi connectivity index (χ3n) is 3.44. The zero-order valence-corrected chi connectivity index (χ0v) is 11.5. The molecule has 0 aromatic carbocycles. The van der Waals surface area contributed by atoms with Crippen molar-refractivity contribution in [3.05, 3.63) is 35.7 Å². The maximum atomic E-state index is 10.9. The third-order valence-corrected chi connectivity index (χ3v) is 3.44. The Balaban J connectivity index is 0.000000225. The summed E-state index contributed by atoms with van der Waals surface area (Å²) >= 11 is 0. The molecule has 4 N–H and O–H groups in total. The summed E-state index contributed by atoms with van der Waals surface area (Å²) in [6.07, 6.45) is 6.10. The molecule has 0 aliphatic heterocycles. The van der Waals surface area contributed by atoms with Crippen molar-refractivity contribution in [2.24, 2.45) is 11.7 Å².